The lowest BCUT2D eigenvalue weighted by molar-refractivity contribution is 0.0943. The number of hydrogen-bond acceptors (Lipinski definition) is 2. The molecule has 0 saturated heterocycles. The Hall–Kier alpha value is -2.04. The van der Waals surface area contributed by atoms with Crippen LogP contribution < -0.4 is 16.0 Å². The lowest BCUT2D eigenvalue weighted by Crippen LogP contribution is -2.31. The molecule has 104 valence electrons. The van der Waals surface area contributed by atoms with Crippen molar-refractivity contribution in [3.8, 4) is 0 Å². The summed E-state index contributed by atoms with van der Waals surface area (Å²) in [4.78, 5) is 23.3. The number of anilines is 1. The van der Waals surface area contributed by atoms with Gasteiger partial charge in [-0.2, -0.15) is 0 Å². The molecular formula is C14H21N3O2. The molecule has 0 heterocycles. The number of carbonyl (C=O) groups excluding carboxylic acids is 2. The van der Waals surface area contributed by atoms with E-state index in [1.54, 1.807) is 24.3 Å². The van der Waals surface area contributed by atoms with E-state index in [9.17, 15) is 9.59 Å². The molecule has 5 heteroatoms. The average molecular weight is 263 g/mol. The summed E-state index contributed by atoms with van der Waals surface area (Å²) in [5.74, 6) is -0.146. The Morgan fingerprint density at radius 2 is 2.00 bits per heavy atom. The van der Waals surface area contributed by atoms with Crippen LogP contribution in [0.2, 0.25) is 0 Å². The fourth-order valence-electron chi connectivity index (χ4n) is 1.50. The van der Waals surface area contributed by atoms with Crippen LogP contribution in [0.5, 0.6) is 0 Å². The van der Waals surface area contributed by atoms with Crippen molar-refractivity contribution in [1.82, 2.24) is 10.6 Å². The molecule has 0 radical (unpaired) electrons. The minimum Gasteiger partial charge on any atom is -0.350 e. The van der Waals surface area contributed by atoms with Crippen molar-refractivity contribution in [3.05, 3.63) is 29.8 Å². The normalized spacial score (nSPS) is 10.1. The van der Waals surface area contributed by atoms with Gasteiger partial charge in [0.15, 0.2) is 0 Å². The van der Waals surface area contributed by atoms with E-state index in [0.29, 0.717) is 17.8 Å². The second kappa shape index (κ2) is 7.41. The molecule has 5 nitrogen and oxygen atoms in total. The van der Waals surface area contributed by atoms with E-state index >= 15 is 0 Å². The van der Waals surface area contributed by atoms with Crippen LogP contribution in [0.3, 0.4) is 0 Å². The highest BCUT2D eigenvalue weighted by molar-refractivity contribution is 5.96. The maximum absolute atomic E-state index is 11.8. The third-order valence-electron chi connectivity index (χ3n) is 2.34. The maximum Gasteiger partial charge on any atom is 0.319 e. The van der Waals surface area contributed by atoms with Crippen LogP contribution in [-0.2, 0) is 0 Å². The van der Waals surface area contributed by atoms with Crippen molar-refractivity contribution in [2.45, 2.75) is 33.2 Å². The van der Waals surface area contributed by atoms with Gasteiger partial charge < -0.3 is 16.0 Å². The van der Waals surface area contributed by atoms with Gasteiger partial charge in [-0.25, -0.2) is 4.79 Å². The van der Waals surface area contributed by atoms with Crippen molar-refractivity contribution in [3.63, 3.8) is 0 Å². The average Bonchev–Trinajstić information content (AvgIpc) is 2.36. The Morgan fingerprint density at radius 3 is 2.63 bits per heavy atom. The molecule has 0 aromatic heterocycles. The first-order valence-corrected chi connectivity index (χ1v) is 6.48. The zero-order chi connectivity index (χ0) is 14.3. The van der Waals surface area contributed by atoms with Gasteiger partial charge in [0.1, 0.15) is 0 Å². The summed E-state index contributed by atoms with van der Waals surface area (Å²) in [6, 6.07) is 6.68. The Kier molecular flexibility index (Phi) is 5.85. The predicted octanol–water partition coefficient (Wildman–Crippen LogP) is 2.36. The molecule has 0 spiro atoms. The lowest BCUT2D eigenvalue weighted by Gasteiger charge is -2.10. The van der Waals surface area contributed by atoms with E-state index in [0.717, 1.165) is 6.42 Å². The monoisotopic (exact) mass is 263 g/mol. The Balaban J connectivity index is 2.66. The molecule has 1 aromatic rings. The minimum atomic E-state index is -0.261. The molecule has 0 aliphatic rings. The first-order chi connectivity index (χ1) is 9.02. The summed E-state index contributed by atoms with van der Waals surface area (Å²) < 4.78 is 0. The molecule has 0 aliphatic heterocycles. The highest BCUT2D eigenvalue weighted by Gasteiger charge is 2.08. The number of benzene rings is 1. The van der Waals surface area contributed by atoms with Crippen LogP contribution in [0.1, 0.15) is 37.6 Å². The minimum absolute atomic E-state index is 0.0805. The van der Waals surface area contributed by atoms with Crippen LogP contribution in [0.4, 0.5) is 10.5 Å². The number of rotatable bonds is 5. The summed E-state index contributed by atoms with van der Waals surface area (Å²) in [5, 5.41) is 8.21. The Morgan fingerprint density at radius 1 is 1.26 bits per heavy atom. The van der Waals surface area contributed by atoms with Gasteiger partial charge in [-0.1, -0.05) is 13.0 Å². The van der Waals surface area contributed by atoms with E-state index in [-0.39, 0.29) is 18.0 Å². The van der Waals surface area contributed by atoms with Crippen molar-refractivity contribution >= 4 is 17.6 Å². The van der Waals surface area contributed by atoms with Gasteiger partial charge in [-0.05, 0) is 38.5 Å². The highest BCUT2D eigenvalue weighted by atomic mass is 16.2. The van der Waals surface area contributed by atoms with Gasteiger partial charge in [0.2, 0.25) is 0 Å². The van der Waals surface area contributed by atoms with Gasteiger partial charge in [0.25, 0.3) is 5.91 Å². The predicted molar refractivity (Wildman–Crippen MR) is 76.4 cm³/mol. The summed E-state index contributed by atoms with van der Waals surface area (Å²) in [7, 11) is 0. The van der Waals surface area contributed by atoms with Crippen LogP contribution >= 0.6 is 0 Å². The number of nitrogens with one attached hydrogen (secondary N) is 3. The second-order valence-corrected chi connectivity index (χ2v) is 4.59. The van der Waals surface area contributed by atoms with Crippen LogP contribution in [0.15, 0.2) is 24.3 Å². The summed E-state index contributed by atoms with van der Waals surface area (Å²) in [5.41, 5.74) is 1.13. The molecule has 1 rings (SSSR count). The van der Waals surface area contributed by atoms with E-state index in [1.807, 2.05) is 20.8 Å². The van der Waals surface area contributed by atoms with Crippen LogP contribution in [0, 0.1) is 0 Å². The molecular weight excluding hydrogens is 242 g/mol. The van der Waals surface area contributed by atoms with Gasteiger partial charge in [0, 0.05) is 23.8 Å². The smallest absolute Gasteiger partial charge is 0.319 e. The molecule has 0 bridgehead atoms. The summed E-state index contributed by atoms with van der Waals surface area (Å²) in [6.07, 6.45) is 0.879. The molecule has 3 N–H and O–H groups in total. The Bertz CT molecular complexity index is 444. The zero-order valence-electron chi connectivity index (χ0n) is 11.6. The first-order valence-electron chi connectivity index (χ1n) is 6.48. The van der Waals surface area contributed by atoms with Crippen molar-refractivity contribution in [1.29, 1.82) is 0 Å². The number of hydrogen-bond donors (Lipinski definition) is 3. The van der Waals surface area contributed by atoms with Crippen molar-refractivity contribution in [2.24, 2.45) is 0 Å². The zero-order valence-corrected chi connectivity index (χ0v) is 11.6. The SMILES string of the molecule is CCCNC(=O)Nc1cccc(C(=O)NC(C)C)c1. The Labute approximate surface area is 113 Å². The van der Waals surface area contributed by atoms with E-state index in [4.69, 9.17) is 0 Å². The van der Waals surface area contributed by atoms with Gasteiger partial charge >= 0.3 is 6.03 Å². The summed E-state index contributed by atoms with van der Waals surface area (Å²) >= 11 is 0. The molecule has 3 amide bonds. The number of amides is 3. The van der Waals surface area contributed by atoms with Crippen LogP contribution in [0.25, 0.3) is 0 Å². The van der Waals surface area contributed by atoms with Crippen LogP contribution in [-0.4, -0.2) is 24.5 Å². The van der Waals surface area contributed by atoms with Gasteiger partial charge in [-0.3, -0.25) is 4.79 Å². The first kappa shape index (κ1) is 15.0. The highest BCUT2D eigenvalue weighted by Crippen LogP contribution is 2.10. The third kappa shape index (κ3) is 5.42. The fourth-order valence-corrected chi connectivity index (χ4v) is 1.50. The van der Waals surface area contributed by atoms with Crippen molar-refractivity contribution in [2.75, 3.05) is 11.9 Å². The molecule has 19 heavy (non-hydrogen) atoms. The lowest BCUT2D eigenvalue weighted by atomic mass is 10.2. The topological polar surface area (TPSA) is 70.2 Å². The quantitative estimate of drug-likeness (QED) is 0.763. The largest absolute Gasteiger partial charge is 0.350 e. The summed E-state index contributed by atoms with van der Waals surface area (Å²) in [6.45, 7) is 6.41. The fraction of sp³-hybridized carbons (Fsp3) is 0.429. The van der Waals surface area contributed by atoms with E-state index < -0.39 is 0 Å². The number of carbonyl (C=O) groups is 2. The molecule has 0 aliphatic carbocycles. The van der Waals surface area contributed by atoms with Gasteiger partial charge in [0.05, 0.1) is 0 Å². The van der Waals surface area contributed by atoms with Gasteiger partial charge in [-0.15, -0.1) is 0 Å². The molecule has 0 unspecified atom stereocenters. The third-order valence-corrected chi connectivity index (χ3v) is 2.34. The molecule has 0 fully saturated rings. The van der Waals surface area contributed by atoms with E-state index in [2.05, 4.69) is 16.0 Å². The standard InChI is InChI=1S/C14H21N3O2/c1-4-8-15-14(19)17-12-7-5-6-11(9-12)13(18)16-10(2)3/h5-7,9-10H,4,8H2,1-3H3,(H,16,18)(H2,15,17,19). The second-order valence-electron chi connectivity index (χ2n) is 4.59. The molecule has 0 atom stereocenters. The molecule has 1 aromatic carbocycles. The maximum atomic E-state index is 11.8. The molecule has 0 saturated carbocycles. The number of urea groups is 1. The van der Waals surface area contributed by atoms with E-state index in [1.165, 1.54) is 0 Å². The van der Waals surface area contributed by atoms with Crippen molar-refractivity contribution < 1.29 is 9.59 Å².